The molecule has 0 fully saturated rings. The smallest absolute Gasteiger partial charge is 0.0897 e. The third kappa shape index (κ3) is 5.80. The van der Waals surface area contributed by atoms with E-state index in [1.165, 1.54) is 0 Å². The Labute approximate surface area is 96.7 Å². The third-order valence-corrected chi connectivity index (χ3v) is 2.18. The van der Waals surface area contributed by atoms with E-state index in [1.807, 2.05) is 25.1 Å². The topological polar surface area (TPSA) is 54.4 Å². The molecule has 1 heterocycles. The fraction of sp³-hybridized carbons (Fsp3) is 0.583. The van der Waals surface area contributed by atoms with E-state index >= 15 is 0 Å². The van der Waals surface area contributed by atoms with Crippen molar-refractivity contribution in [2.24, 2.45) is 0 Å². The average Bonchev–Trinajstić information content (AvgIpc) is 2.33. The zero-order valence-corrected chi connectivity index (χ0v) is 9.72. The van der Waals surface area contributed by atoms with Crippen LogP contribution in [0.1, 0.15) is 12.6 Å². The van der Waals surface area contributed by atoms with Crippen LogP contribution in [0, 0.1) is 0 Å². The van der Waals surface area contributed by atoms with Gasteiger partial charge in [-0.3, -0.25) is 4.98 Å². The lowest BCUT2D eigenvalue weighted by molar-refractivity contribution is 0.0430. The van der Waals surface area contributed by atoms with Crippen molar-refractivity contribution in [1.82, 2.24) is 10.3 Å². The van der Waals surface area contributed by atoms with E-state index in [-0.39, 0.29) is 0 Å². The molecule has 0 aliphatic carbocycles. The van der Waals surface area contributed by atoms with Crippen molar-refractivity contribution in [3.05, 3.63) is 30.1 Å². The summed E-state index contributed by atoms with van der Waals surface area (Å²) >= 11 is 0. The average molecular weight is 224 g/mol. The summed E-state index contributed by atoms with van der Waals surface area (Å²) in [4.78, 5) is 4.22. The highest BCUT2D eigenvalue weighted by Gasteiger charge is 2.02. The second kappa shape index (κ2) is 8.21. The molecule has 0 aliphatic heterocycles. The molecule has 1 atom stereocenters. The van der Waals surface area contributed by atoms with Gasteiger partial charge in [-0.2, -0.15) is 0 Å². The molecule has 4 nitrogen and oxygen atoms in total. The number of aliphatic hydroxyl groups is 1. The fourth-order valence-corrected chi connectivity index (χ4v) is 1.34. The van der Waals surface area contributed by atoms with Crippen LogP contribution in [0.25, 0.3) is 0 Å². The molecule has 1 unspecified atom stereocenters. The highest BCUT2D eigenvalue weighted by Crippen LogP contribution is 1.93. The van der Waals surface area contributed by atoms with Crippen molar-refractivity contribution < 1.29 is 9.84 Å². The minimum atomic E-state index is -0.427. The summed E-state index contributed by atoms with van der Waals surface area (Å²) in [5.41, 5.74) is 1.06. The van der Waals surface area contributed by atoms with Crippen LogP contribution < -0.4 is 5.32 Å². The molecule has 0 bridgehead atoms. The summed E-state index contributed by atoms with van der Waals surface area (Å²) in [5, 5.41) is 12.6. The fourth-order valence-electron chi connectivity index (χ4n) is 1.34. The van der Waals surface area contributed by atoms with Crippen LogP contribution in [0.15, 0.2) is 24.4 Å². The van der Waals surface area contributed by atoms with E-state index in [9.17, 15) is 5.11 Å². The van der Waals surface area contributed by atoms with Crippen molar-refractivity contribution in [2.45, 2.75) is 19.4 Å². The highest BCUT2D eigenvalue weighted by atomic mass is 16.5. The van der Waals surface area contributed by atoms with Gasteiger partial charge in [0.05, 0.1) is 12.7 Å². The molecule has 0 amide bonds. The van der Waals surface area contributed by atoms with Gasteiger partial charge in [0.2, 0.25) is 0 Å². The maximum Gasteiger partial charge on any atom is 0.0897 e. The Morgan fingerprint density at radius 2 is 2.38 bits per heavy atom. The summed E-state index contributed by atoms with van der Waals surface area (Å²) in [7, 11) is 0. The van der Waals surface area contributed by atoms with E-state index in [2.05, 4.69) is 10.3 Å². The molecule has 2 N–H and O–H groups in total. The number of nitrogens with one attached hydrogen (secondary N) is 1. The zero-order chi connectivity index (χ0) is 11.6. The first kappa shape index (κ1) is 13.1. The minimum Gasteiger partial charge on any atom is -0.389 e. The van der Waals surface area contributed by atoms with Gasteiger partial charge in [-0.25, -0.2) is 0 Å². The van der Waals surface area contributed by atoms with Gasteiger partial charge in [0.15, 0.2) is 0 Å². The summed E-state index contributed by atoms with van der Waals surface area (Å²) in [6.07, 6.45) is 2.24. The molecule has 4 heteroatoms. The molecule has 0 aromatic carbocycles. The molecule has 0 radical (unpaired) electrons. The van der Waals surface area contributed by atoms with Crippen molar-refractivity contribution in [1.29, 1.82) is 0 Å². The van der Waals surface area contributed by atoms with Crippen LogP contribution >= 0.6 is 0 Å². The van der Waals surface area contributed by atoms with E-state index in [4.69, 9.17) is 4.74 Å². The Balaban J connectivity index is 2.03. The van der Waals surface area contributed by atoms with Crippen LogP contribution in [0.5, 0.6) is 0 Å². The monoisotopic (exact) mass is 224 g/mol. The molecule has 0 saturated carbocycles. The van der Waals surface area contributed by atoms with Crippen molar-refractivity contribution in [2.75, 3.05) is 26.3 Å². The van der Waals surface area contributed by atoms with Crippen LogP contribution in [0.4, 0.5) is 0 Å². The Hall–Kier alpha value is -0.970. The van der Waals surface area contributed by atoms with E-state index in [0.717, 1.165) is 18.7 Å². The molecule has 1 aromatic heterocycles. The maximum absolute atomic E-state index is 9.47. The quantitative estimate of drug-likeness (QED) is 0.635. The van der Waals surface area contributed by atoms with Gasteiger partial charge >= 0.3 is 0 Å². The molecule has 0 spiro atoms. The number of hydrogen-bond donors (Lipinski definition) is 2. The van der Waals surface area contributed by atoms with Gasteiger partial charge in [0.25, 0.3) is 0 Å². The molecule has 0 aliphatic rings. The van der Waals surface area contributed by atoms with Crippen LogP contribution in [-0.4, -0.2) is 42.5 Å². The SMILES string of the molecule is CCOCC(O)CNCCc1ccccn1. The number of ether oxygens (including phenoxy) is 1. The first-order valence-corrected chi connectivity index (χ1v) is 5.69. The number of aliphatic hydroxyl groups excluding tert-OH is 1. The second-order valence-electron chi connectivity index (χ2n) is 3.59. The lowest BCUT2D eigenvalue weighted by atomic mass is 10.2. The molecule has 16 heavy (non-hydrogen) atoms. The Morgan fingerprint density at radius 1 is 1.50 bits per heavy atom. The van der Waals surface area contributed by atoms with E-state index in [0.29, 0.717) is 19.8 Å². The Morgan fingerprint density at radius 3 is 3.06 bits per heavy atom. The minimum absolute atomic E-state index is 0.396. The first-order valence-electron chi connectivity index (χ1n) is 5.69. The maximum atomic E-state index is 9.47. The Bertz CT molecular complexity index is 267. The number of nitrogens with zero attached hydrogens (tertiary/aromatic N) is 1. The van der Waals surface area contributed by atoms with Crippen molar-refractivity contribution in [3.63, 3.8) is 0 Å². The normalized spacial score (nSPS) is 12.6. The van der Waals surface area contributed by atoms with Gasteiger partial charge in [-0.05, 0) is 19.1 Å². The van der Waals surface area contributed by atoms with Gasteiger partial charge in [-0.15, -0.1) is 0 Å². The first-order chi connectivity index (χ1) is 7.83. The zero-order valence-electron chi connectivity index (χ0n) is 9.72. The van der Waals surface area contributed by atoms with Gasteiger partial charge in [0, 0.05) is 38.0 Å². The second-order valence-corrected chi connectivity index (χ2v) is 3.59. The number of aromatic nitrogens is 1. The van der Waals surface area contributed by atoms with Crippen molar-refractivity contribution >= 4 is 0 Å². The number of hydrogen-bond acceptors (Lipinski definition) is 4. The van der Waals surface area contributed by atoms with Gasteiger partial charge < -0.3 is 15.2 Å². The van der Waals surface area contributed by atoms with Crippen LogP contribution in [0.2, 0.25) is 0 Å². The van der Waals surface area contributed by atoms with Crippen LogP contribution in [0.3, 0.4) is 0 Å². The standard InChI is InChI=1S/C12H20N2O2/c1-2-16-10-12(15)9-13-8-6-11-5-3-4-7-14-11/h3-5,7,12-13,15H,2,6,8-10H2,1H3. The van der Waals surface area contributed by atoms with Crippen LogP contribution in [-0.2, 0) is 11.2 Å². The predicted molar refractivity (Wildman–Crippen MR) is 63.3 cm³/mol. The van der Waals surface area contributed by atoms with Crippen molar-refractivity contribution in [3.8, 4) is 0 Å². The molecule has 0 saturated heterocycles. The summed E-state index contributed by atoms with van der Waals surface area (Å²) < 4.78 is 5.11. The molecule has 1 rings (SSSR count). The van der Waals surface area contributed by atoms with E-state index < -0.39 is 6.10 Å². The predicted octanol–water partition coefficient (Wildman–Crippen LogP) is 0.611. The highest BCUT2D eigenvalue weighted by molar-refractivity contribution is 5.03. The molecular weight excluding hydrogens is 204 g/mol. The lowest BCUT2D eigenvalue weighted by Crippen LogP contribution is -2.31. The molecular formula is C12H20N2O2. The summed E-state index contributed by atoms with van der Waals surface area (Å²) in [5.74, 6) is 0. The largest absolute Gasteiger partial charge is 0.389 e. The van der Waals surface area contributed by atoms with Gasteiger partial charge in [0.1, 0.15) is 0 Å². The Kier molecular flexibility index (Phi) is 6.72. The molecule has 90 valence electrons. The summed E-state index contributed by atoms with van der Waals surface area (Å²) in [6.45, 7) is 4.34. The van der Waals surface area contributed by atoms with Gasteiger partial charge in [-0.1, -0.05) is 6.07 Å². The number of rotatable bonds is 8. The third-order valence-electron chi connectivity index (χ3n) is 2.18. The summed E-state index contributed by atoms with van der Waals surface area (Å²) in [6, 6.07) is 5.88. The van der Waals surface area contributed by atoms with E-state index in [1.54, 1.807) is 6.20 Å². The lowest BCUT2D eigenvalue weighted by Gasteiger charge is -2.11. The molecule has 1 aromatic rings. The number of pyridine rings is 1.